The average Bonchev–Trinajstić information content (AvgIpc) is 2.67. The van der Waals surface area contributed by atoms with Gasteiger partial charge in [0.25, 0.3) is 0 Å². The standard InChI is InChI=1S/C23H18.Ni/c1-4-10-20(11-5-1)16-18-23(22-14-8-3-9-15-22)19-17-21-12-6-2-7-13-21;/h1-16,18-19H;/b18-16?,23-19+;. The second-order valence-electron chi connectivity index (χ2n) is 5.39. The van der Waals surface area contributed by atoms with E-state index in [1.807, 2.05) is 42.5 Å². The molecular formula is C23H18Ni. The van der Waals surface area contributed by atoms with Crippen molar-refractivity contribution in [3.8, 4) is 0 Å². The van der Waals surface area contributed by atoms with Crippen LogP contribution in [0.15, 0.2) is 103 Å². The van der Waals surface area contributed by atoms with Crippen LogP contribution in [0, 0.1) is 0 Å². The van der Waals surface area contributed by atoms with Crippen molar-refractivity contribution in [2.75, 3.05) is 0 Å². The van der Waals surface area contributed by atoms with Crippen molar-refractivity contribution in [2.24, 2.45) is 0 Å². The van der Waals surface area contributed by atoms with Crippen molar-refractivity contribution in [3.63, 3.8) is 0 Å². The van der Waals surface area contributed by atoms with Gasteiger partial charge in [-0.05, 0) is 0 Å². The number of rotatable bonds is 5. The molecule has 0 nitrogen and oxygen atoms in total. The molecule has 0 unspecified atom stereocenters. The molecule has 24 heavy (non-hydrogen) atoms. The van der Waals surface area contributed by atoms with E-state index in [-0.39, 0.29) is 0 Å². The Labute approximate surface area is 151 Å². The monoisotopic (exact) mass is 352 g/mol. The third-order valence-corrected chi connectivity index (χ3v) is 4.09. The fourth-order valence-electron chi connectivity index (χ4n) is 2.41. The van der Waals surface area contributed by atoms with Gasteiger partial charge in [0.05, 0.1) is 0 Å². The second-order valence-corrected chi connectivity index (χ2v) is 5.92. The van der Waals surface area contributed by atoms with E-state index in [1.54, 1.807) is 0 Å². The van der Waals surface area contributed by atoms with Gasteiger partial charge in [-0.3, -0.25) is 0 Å². The van der Waals surface area contributed by atoms with E-state index in [4.69, 9.17) is 15.0 Å². The number of hydrogen-bond donors (Lipinski definition) is 0. The van der Waals surface area contributed by atoms with Gasteiger partial charge in [-0.15, -0.1) is 0 Å². The Hall–Kier alpha value is -2.50. The summed E-state index contributed by atoms with van der Waals surface area (Å²) in [5.41, 5.74) is 4.53. The van der Waals surface area contributed by atoms with Crippen LogP contribution in [-0.4, -0.2) is 4.49 Å². The van der Waals surface area contributed by atoms with Crippen LogP contribution in [-0.2, 0) is 15.0 Å². The Balaban J connectivity index is 1.95. The molecule has 3 rings (SSSR count). The molecule has 0 radical (unpaired) electrons. The summed E-state index contributed by atoms with van der Waals surface area (Å²) in [4.78, 5) is 0. The van der Waals surface area contributed by atoms with Gasteiger partial charge in [0.1, 0.15) is 0 Å². The summed E-state index contributed by atoms with van der Waals surface area (Å²) in [5, 5.41) is 0. The minimum atomic E-state index is 0.882. The number of benzene rings is 3. The van der Waals surface area contributed by atoms with Crippen molar-refractivity contribution in [3.05, 3.63) is 120 Å². The van der Waals surface area contributed by atoms with Crippen LogP contribution in [0.4, 0.5) is 0 Å². The molecule has 0 aliphatic heterocycles. The third-order valence-electron chi connectivity index (χ3n) is 3.67. The van der Waals surface area contributed by atoms with Crippen LogP contribution in [0.25, 0.3) is 11.6 Å². The van der Waals surface area contributed by atoms with Crippen LogP contribution in [0.3, 0.4) is 0 Å². The van der Waals surface area contributed by atoms with Gasteiger partial charge in [-0.25, -0.2) is 0 Å². The molecule has 1 heteroatoms. The van der Waals surface area contributed by atoms with Crippen molar-refractivity contribution in [1.82, 2.24) is 0 Å². The Kier molecular flexibility index (Phi) is 5.72. The van der Waals surface area contributed by atoms with Crippen LogP contribution in [0.5, 0.6) is 0 Å². The fourth-order valence-corrected chi connectivity index (χ4v) is 2.72. The summed E-state index contributed by atoms with van der Waals surface area (Å²) in [6.07, 6.45) is 6.34. The summed E-state index contributed by atoms with van der Waals surface area (Å²) in [6, 6.07) is 30.8. The molecule has 3 aromatic rings. The summed E-state index contributed by atoms with van der Waals surface area (Å²) in [7, 11) is 0. The van der Waals surface area contributed by atoms with Crippen molar-refractivity contribution < 1.29 is 15.0 Å². The van der Waals surface area contributed by atoms with Gasteiger partial charge in [-0.2, -0.15) is 0 Å². The van der Waals surface area contributed by atoms with E-state index in [9.17, 15) is 0 Å². The molecule has 0 aliphatic carbocycles. The Morgan fingerprint density at radius 1 is 0.625 bits per heavy atom. The summed E-state index contributed by atoms with van der Waals surface area (Å²) >= 11 is 5.27. The molecule has 0 heterocycles. The molecule has 0 aliphatic rings. The van der Waals surface area contributed by atoms with Gasteiger partial charge in [-0.1, -0.05) is 0 Å². The van der Waals surface area contributed by atoms with Gasteiger partial charge >= 0.3 is 151 Å². The molecule has 120 valence electrons. The number of hydrogen-bond acceptors (Lipinski definition) is 0. The van der Waals surface area contributed by atoms with Crippen molar-refractivity contribution in [2.45, 2.75) is 0 Å². The minimum absolute atomic E-state index is 0.882. The van der Waals surface area contributed by atoms with Gasteiger partial charge < -0.3 is 0 Å². The van der Waals surface area contributed by atoms with E-state index in [0.717, 1.165) is 21.2 Å². The Bertz CT molecular complexity index is 844. The zero-order valence-electron chi connectivity index (χ0n) is 13.2. The van der Waals surface area contributed by atoms with E-state index in [0.29, 0.717) is 0 Å². The second kappa shape index (κ2) is 8.38. The zero-order chi connectivity index (χ0) is 16.6. The Morgan fingerprint density at radius 2 is 1.12 bits per heavy atom. The predicted molar refractivity (Wildman–Crippen MR) is 100 cm³/mol. The molecule has 0 N–H and O–H groups in total. The van der Waals surface area contributed by atoms with Crippen molar-refractivity contribution in [1.29, 1.82) is 0 Å². The first-order valence-electron chi connectivity index (χ1n) is 7.88. The van der Waals surface area contributed by atoms with Gasteiger partial charge in [0.15, 0.2) is 0 Å². The zero-order valence-corrected chi connectivity index (χ0v) is 14.2. The van der Waals surface area contributed by atoms with Crippen LogP contribution >= 0.6 is 0 Å². The number of allylic oxidation sites excluding steroid dienone is 3. The van der Waals surface area contributed by atoms with Crippen LogP contribution < -0.4 is 0 Å². The van der Waals surface area contributed by atoms with Gasteiger partial charge in [0, 0.05) is 0 Å². The SMILES string of the molecule is [Ni]=[C](/C=C(\C=Cc1ccccc1)c1ccccc1)c1ccccc1. The topological polar surface area (TPSA) is 0 Å². The van der Waals surface area contributed by atoms with Crippen molar-refractivity contribution >= 4 is 16.1 Å². The van der Waals surface area contributed by atoms with Crippen LogP contribution in [0.2, 0.25) is 0 Å². The van der Waals surface area contributed by atoms with E-state index >= 15 is 0 Å². The maximum absolute atomic E-state index is 5.27. The normalized spacial score (nSPS) is 11.7. The molecule has 0 amide bonds. The Morgan fingerprint density at radius 3 is 1.71 bits per heavy atom. The molecule has 3 aromatic carbocycles. The maximum atomic E-state index is 5.27. The summed E-state index contributed by atoms with van der Waals surface area (Å²) in [6.45, 7) is 0. The van der Waals surface area contributed by atoms with Gasteiger partial charge in [0.2, 0.25) is 0 Å². The van der Waals surface area contributed by atoms with E-state index in [1.165, 1.54) is 5.56 Å². The quantitative estimate of drug-likeness (QED) is 0.417. The predicted octanol–water partition coefficient (Wildman–Crippen LogP) is 5.55. The average molecular weight is 353 g/mol. The molecule has 0 bridgehead atoms. The molecule has 0 aromatic heterocycles. The first-order chi connectivity index (χ1) is 11.8. The third kappa shape index (κ3) is 4.50. The summed E-state index contributed by atoms with van der Waals surface area (Å²) < 4.78 is 0.882. The summed E-state index contributed by atoms with van der Waals surface area (Å²) in [5.74, 6) is 0. The van der Waals surface area contributed by atoms with E-state index < -0.39 is 0 Å². The van der Waals surface area contributed by atoms with E-state index in [2.05, 4.69) is 66.8 Å². The fraction of sp³-hybridized carbons (Fsp3) is 0. The molecular weight excluding hydrogens is 335 g/mol. The molecule has 0 saturated heterocycles. The first kappa shape index (κ1) is 16.4. The first-order valence-corrected chi connectivity index (χ1v) is 8.37. The molecule has 0 fully saturated rings. The van der Waals surface area contributed by atoms with Crippen LogP contribution in [0.1, 0.15) is 16.7 Å². The molecule has 0 atom stereocenters. The molecule has 0 saturated carbocycles. The molecule has 0 spiro atoms.